The molecule has 0 amide bonds. The lowest BCUT2D eigenvalue weighted by Crippen LogP contribution is -1.97. The zero-order chi connectivity index (χ0) is 13.1. The summed E-state index contributed by atoms with van der Waals surface area (Å²) in [5, 5.41) is 9.70. The quantitative estimate of drug-likeness (QED) is 0.830. The van der Waals surface area contributed by atoms with Gasteiger partial charge in [-0.05, 0) is 30.7 Å². The first-order valence-corrected chi connectivity index (χ1v) is 5.59. The Morgan fingerprint density at radius 1 is 1.22 bits per heavy atom. The van der Waals surface area contributed by atoms with Crippen LogP contribution in [-0.4, -0.2) is 19.2 Å². The molecular weight excluding hydrogens is 228 g/mol. The predicted molar refractivity (Wildman–Crippen MR) is 68.9 cm³/mol. The van der Waals surface area contributed by atoms with E-state index in [4.69, 9.17) is 14.7 Å². The highest BCUT2D eigenvalue weighted by molar-refractivity contribution is 5.90. The Hall–Kier alpha value is -2.28. The fraction of sp³-hybridized carbons (Fsp3) is 0.286. The van der Waals surface area contributed by atoms with Crippen molar-refractivity contribution in [1.29, 1.82) is 5.26 Å². The van der Waals surface area contributed by atoms with E-state index in [1.165, 1.54) is 0 Å². The van der Waals surface area contributed by atoms with Gasteiger partial charge in [0.25, 0.3) is 0 Å². The Morgan fingerprint density at radius 2 is 1.89 bits per heavy atom. The van der Waals surface area contributed by atoms with Gasteiger partial charge in [-0.15, -0.1) is 0 Å². The van der Waals surface area contributed by atoms with Gasteiger partial charge in [0.2, 0.25) is 0 Å². The molecule has 0 atom stereocenters. The van der Waals surface area contributed by atoms with Crippen molar-refractivity contribution in [2.24, 2.45) is 0 Å². The van der Waals surface area contributed by atoms with Gasteiger partial charge in [-0.25, -0.2) is 4.98 Å². The summed E-state index contributed by atoms with van der Waals surface area (Å²) in [4.78, 5) is 4.52. The Kier molecular flexibility index (Phi) is 3.33. The lowest BCUT2D eigenvalue weighted by molar-refractivity contribution is 0.409. The second kappa shape index (κ2) is 4.92. The van der Waals surface area contributed by atoms with E-state index in [2.05, 4.69) is 11.1 Å². The summed E-state index contributed by atoms with van der Waals surface area (Å²) in [5.74, 6) is 1.44. The van der Waals surface area contributed by atoms with Gasteiger partial charge in [-0.3, -0.25) is 0 Å². The molecule has 0 unspecified atom stereocenters. The van der Waals surface area contributed by atoms with E-state index in [1.54, 1.807) is 14.2 Å². The third-order valence-electron chi connectivity index (χ3n) is 2.89. The molecule has 92 valence electrons. The molecule has 4 nitrogen and oxygen atoms in total. The molecule has 0 radical (unpaired) electrons. The highest BCUT2D eigenvalue weighted by Crippen LogP contribution is 2.32. The molecule has 4 heteroatoms. The number of pyridine rings is 1. The molecule has 2 rings (SSSR count). The second-order valence-corrected chi connectivity index (χ2v) is 3.95. The minimum absolute atomic E-state index is 0.294. The van der Waals surface area contributed by atoms with Gasteiger partial charge in [0.15, 0.2) is 0 Å². The number of aromatic nitrogens is 1. The number of aryl methyl sites for hydroxylation is 1. The Balaban J connectivity index is 2.77. The third-order valence-corrected chi connectivity index (χ3v) is 2.89. The fourth-order valence-corrected chi connectivity index (χ4v) is 1.94. The maximum Gasteiger partial charge on any atom is 0.145 e. The predicted octanol–water partition coefficient (Wildman–Crippen LogP) is 2.63. The number of rotatable bonds is 3. The van der Waals surface area contributed by atoms with Crippen LogP contribution in [0.4, 0.5) is 0 Å². The molecule has 1 heterocycles. The maximum absolute atomic E-state index is 8.80. The molecule has 0 saturated carbocycles. The topological polar surface area (TPSA) is 55.1 Å². The largest absolute Gasteiger partial charge is 0.496 e. The molecule has 0 bridgehead atoms. The van der Waals surface area contributed by atoms with Gasteiger partial charge >= 0.3 is 0 Å². The Labute approximate surface area is 106 Å². The second-order valence-electron chi connectivity index (χ2n) is 3.95. The molecule has 1 aromatic carbocycles. The highest BCUT2D eigenvalue weighted by Gasteiger charge is 2.11. The molecule has 0 aliphatic carbocycles. The number of benzene rings is 1. The zero-order valence-corrected chi connectivity index (χ0v) is 10.7. The fourth-order valence-electron chi connectivity index (χ4n) is 1.94. The molecule has 2 aromatic rings. The van der Waals surface area contributed by atoms with E-state index in [1.807, 2.05) is 25.1 Å². The van der Waals surface area contributed by atoms with E-state index >= 15 is 0 Å². The number of hydrogen-bond acceptors (Lipinski definition) is 4. The van der Waals surface area contributed by atoms with E-state index < -0.39 is 0 Å². The number of fused-ring (bicyclic) bond motifs is 1. The molecule has 0 saturated heterocycles. The lowest BCUT2D eigenvalue weighted by Gasteiger charge is -2.11. The van der Waals surface area contributed by atoms with Gasteiger partial charge in [0.05, 0.1) is 32.4 Å². The molecule has 0 spiro atoms. The van der Waals surface area contributed by atoms with Crippen LogP contribution in [0.2, 0.25) is 0 Å². The SMILES string of the molecule is COc1ccc(OC)c2nc(CC#N)c(C)cc12. The smallest absolute Gasteiger partial charge is 0.145 e. The Morgan fingerprint density at radius 3 is 2.50 bits per heavy atom. The summed E-state index contributed by atoms with van der Waals surface area (Å²) >= 11 is 0. The first kappa shape index (κ1) is 12.2. The molecule has 0 N–H and O–H groups in total. The van der Waals surface area contributed by atoms with Gasteiger partial charge < -0.3 is 9.47 Å². The van der Waals surface area contributed by atoms with E-state index in [0.29, 0.717) is 12.2 Å². The van der Waals surface area contributed by atoms with Crippen LogP contribution in [0.1, 0.15) is 11.3 Å². The molecule has 0 aliphatic heterocycles. The molecule has 0 aliphatic rings. The van der Waals surface area contributed by atoms with Crippen molar-refractivity contribution in [2.75, 3.05) is 14.2 Å². The van der Waals surface area contributed by atoms with Crippen LogP contribution >= 0.6 is 0 Å². The summed E-state index contributed by atoms with van der Waals surface area (Å²) in [6, 6.07) is 7.78. The van der Waals surface area contributed by atoms with Crippen LogP contribution in [0.5, 0.6) is 11.5 Å². The van der Waals surface area contributed by atoms with Gasteiger partial charge in [0, 0.05) is 5.39 Å². The monoisotopic (exact) mass is 242 g/mol. The van der Waals surface area contributed by atoms with Gasteiger partial charge in [-0.1, -0.05) is 0 Å². The number of methoxy groups -OCH3 is 2. The normalized spacial score (nSPS) is 10.1. The average Bonchev–Trinajstić information content (AvgIpc) is 2.39. The first-order valence-electron chi connectivity index (χ1n) is 5.59. The van der Waals surface area contributed by atoms with E-state index in [9.17, 15) is 0 Å². The number of ether oxygens (including phenoxy) is 2. The van der Waals surface area contributed by atoms with Crippen molar-refractivity contribution in [3.8, 4) is 17.6 Å². The average molecular weight is 242 g/mol. The summed E-state index contributed by atoms with van der Waals surface area (Å²) < 4.78 is 10.6. The molecule has 1 aromatic heterocycles. The molecule has 0 fully saturated rings. The van der Waals surface area contributed by atoms with Crippen molar-refractivity contribution in [3.63, 3.8) is 0 Å². The maximum atomic E-state index is 8.80. The third kappa shape index (κ3) is 1.95. The van der Waals surface area contributed by atoms with Gasteiger partial charge in [0.1, 0.15) is 17.0 Å². The molecule has 18 heavy (non-hydrogen) atoms. The van der Waals surface area contributed by atoms with Crippen LogP contribution in [-0.2, 0) is 6.42 Å². The highest BCUT2D eigenvalue weighted by atomic mass is 16.5. The number of nitriles is 1. The number of hydrogen-bond donors (Lipinski definition) is 0. The van der Waals surface area contributed by atoms with Crippen LogP contribution in [0.15, 0.2) is 18.2 Å². The van der Waals surface area contributed by atoms with Crippen LogP contribution in [0.3, 0.4) is 0 Å². The minimum Gasteiger partial charge on any atom is -0.496 e. The Bertz CT molecular complexity index is 630. The van der Waals surface area contributed by atoms with Crippen LogP contribution < -0.4 is 9.47 Å². The zero-order valence-electron chi connectivity index (χ0n) is 10.7. The van der Waals surface area contributed by atoms with Crippen molar-refractivity contribution < 1.29 is 9.47 Å². The van der Waals surface area contributed by atoms with Crippen molar-refractivity contribution in [1.82, 2.24) is 4.98 Å². The molecular formula is C14H14N2O2. The lowest BCUT2D eigenvalue weighted by atomic mass is 10.1. The summed E-state index contributed by atoms with van der Waals surface area (Å²) in [6.45, 7) is 1.94. The first-order chi connectivity index (χ1) is 8.71. The van der Waals surface area contributed by atoms with E-state index in [0.717, 1.165) is 27.9 Å². The van der Waals surface area contributed by atoms with E-state index in [-0.39, 0.29) is 0 Å². The number of nitrogens with zero attached hydrogens (tertiary/aromatic N) is 2. The van der Waals surface area contributed by atoms with Gasteiger partial charge in [-0.2, -0.15) is 5.26 Å². The van der Waals surface area contributed by atoms with Crippen molar-refractivity contribution in [2.45, 2.75) is 13.3 Å². The van der Waals surface area contributed by atoms with Crippen LogP contribution in [0, 0.1) is 18.3 Å². The summed E-state index contributed by atoms with van der Waals surface area (Å²) in [6.07, 6.45) is 0.294. The summed E-state index contributed by atoms with van der Waals surface area (Å²) in [5.41, 5.74) is 2.49. The van der Waals surface area contributed by atoms with Crippen LogP contribution in [0.25, 0.3) is 10.9 Å². The standard InChI is InChI=1S/C14H14N2O2/c1-9-8-10-12(17-2)4-5-13(18-3)14(10)16-11(9)6-7-15/h4-5,8H,6H2,1-3H3. The van der Waals surface area contributed by atoms with Crippen molar-refractivity contribution >= 4 is 10.9 Å². The minimum atomic E-state index is 0.294. The summed E-state index contributed by atoms with van der Waals surface area (Å²) in [7, 11) is 3.23. The van der Waals surface area contributed by atoms with Crippen molar-refractivity contribution in [3.05, 3.63) is 29.5 Å².